The zero-order valence-corrected chi connectivity index (χ0v) is 22.9. The van der Waals surface area contributed by atoms with Crippen LogP contribution in [0.1, 0.15) is 36.9 Å². The van der Waals surface area contributed by atoms with Crippen LogP contribution >= 0.6 is 0 Å². The fraction of sp³-hybridized carbons (Fsp3) is 0.387. The van der Waals surface area contributed by atoms with Crippen LogP contribution in [0.2, 0.25) is 0 Å². The second kappa shape index (κ2) is 10.7. The minimum atomic E-state index is -0.00260. The Morgan fingerprint density at radius 1 is 1.15 bits per heavy atom. The molecule has 2 fully saturated rings. The van der Waals surface area contributed by atoms with Crippen LogP contribution in [0.15, 0.2) is 54.7 Å². The molecule has 9 nitrogen and oxygen atoms in total. The van der Waals surface area contributed by atoms with Gasteiger partial charge in [0.05, 0.1) is 36.5 Å². The Kier molecular flexibility index (Phi) is 6.95. The third-order valence-corrected chi connectivity index (χ3v) is 7.83. The number of carbonyl (C=O) groups excluding carboxylic acids is 2. The number of nitrogens with zero attached hydrogens (tertiary/aromatic N) is 6. The van der Waals surface area contributed by atoms with Crippen LogP contribution in [0.3, 0.4) is 0 Å². The summed E-state index contributed by atoms with van der Waals surface area (Å²) in [6, 6.07) is 13.6. The number of anilines is 1. The zero-order chi connectivity index (χ0) is 27.8. The van der Waals surface area contributed by atoms with E-state index in [2.05, 4.69) is 16.4 Å². The number of aromatic nitrogens is 3. The van der Waals surface area contributed by atoms with Gasteiger partial charge in [-0.1, -0.05) is 18.2 Å². The molecule has 2 aliphatic carbocycles. The van der Waals surface area contributed by atoms with Gasteiger partial charge in [-0.2, -0.15) is 10.4 Å². The van der Waals surface area contributed by atoms with E-state index in [0.29, 0.717) is 36.9 Å². The van der Waals surface area contributed by atoms with Gasteiger partial charge in [-0.3, -0.25) is 14.3 Å². The minimum Gasteiger partial charge on any atom is -0.328 e. The zero-order valence-electron chi connectivity index (χ0n) is 22.9. The van der Waals surface area contributed by atoms with E-state index in [0.717, 1.165) is 53.8 Å². The van der Waals surface area contributed by atoms with Gasteiger partial charge < -0.3 is 15.1 Å². The average Bonchev–Trinajstić information content (AvgIpc) is 3.88. The van der Waals surface area contributed by atoms with Crippen LogP contribution in [-0.4, -0.2) is 63.1 Å². The van der Waals surface area contributed by atoms with Crippen molar-refractivity contribution in [2.24, 2.45) is 11.8 Å². The van der Waals surface area contributed by atoms with E-state index in [1.165, 1.54) is 0 Å². The lowest BCUT2D eigenvalue weighted by molar-refractivity contribution is -0.131. The first-order valence-corrected chi connectivity index (χ1v) is 13.9. The number of nitrogens with one attached hydrogen (secondary N) is 1. The lowest BCUT2D eigenvalue weighted by Crippen LogP contribution is -2.47. The molecule has 2 amide bonds. The number of rotatable bonds is 8. The Balaban J connectivity index is 1.43. The van der Waals surface area contributed by atoms with Gasteiger partial charge in [-0.05, 0) is 75.5 Å². The quantitative estimate of drug-likeness (QED) is 0.436. The Hall–Kier alpha value is -4.29. The maximum absolute atomic E-state index is 13.5. The number of carbonyl (C=O) groups is 2. The summed E-state index contributed by atoms with van der Waals surface area (Å²) < 4.78 is 2.04. The van der Waals surface area contributed by atoms with Gasteiger partial charge in [0.25, 0.3) is 0 Å². The number of hydrogen-bond acceptors (Lipinski definition) is 6. The first-order chi connectivity index (χ1) is 19.4. The van der Waals surface area contributed by atoms with Gasteiger partial charge in [-0.15, -0.1) is 0 Å². The number of pyridine rings is 1. The predicted molar refractivity (Wildman–Crippen MR) is 152 cm³/mol. The summed E-state index contributed by atoms with van der Waals surface area (Å²) >= 11 is 0. The molecule has 3 aromatic rings. The second-order valence-corrected chi connectivity index (χ2v) is 11.3. The van der Waals surface area contributed by atoms with E-state index in [9.17, 15) is 14.9 Å². The molecule has 1 N–H and O–H groups in total. The van der Waals surface area contributed by atoms with Crippen LogP contribution in [0, 0.1) is 23.2 Å². The topological polar surface area (TPSA) is 107 Å². The molecule has 0 unspecified atom stereocenters. The summed E-state index contributed by atoms with van der Waals surface area (Å²) in [6.07, 6.45) is 9.36. The lowest BCUT2D eigenvalue weighted by atomic mass is 9.96. The Morgan fingerprint density at radius 3 is 2.70 bits per heavy atom. The smallest absolute Gasteiger partial charge is 0.246 e. The summed E-state index contributed by atoms with van der Waals surface area (Å²) in [5.41, 5.74) is 4.84. The summed E-state index contributed by atoms with van der Waals surface area (Å²) in [5, 5.41) is 17.6. The van der Waals surface area contributed by atoms with Crippen LogP contribution in [-0.2, 0) is 22.7 Å². The molecule has 1 aliphatic heterocycles. The molecule has 3 aliphatic rings. The fourth-order valence-corrected chi connectivity index (χ4v) is 5.42. The number of likely N-dealkylation sites (N-methyl/N-ethyl adjacent to an activating group) is 1. The maximum Gasteiger partial charge on any atom is 0.246 e. The van der Waals surface area contributed by atoms with Gasteiger partial charge >= 0.3 is 0 Å². The first-order valence-electron chi connectivity index (χ1n) is 13.9. The van der Waals surface area contributed by atoms with Crippen molar-refractivity contribution >= 4 is 17.6 Å². The van der Waals surface area contributed by atoms with Crippen LogP contribution in [0.25, 0.3) is 22.4 Å². The predicted octanol–water partition coefficient (Wildman–Crippen LogP) is 4.07. The van der Waals surface area contributed by atoms with Gasteiger partial charge in [0.15, 0.2) is 0 Å². The van der Waals surface area contributed by atoms with Crippen LogP contribution in [0.4, 0.5) is 5.82 Å². The molecule has 9 heteroatoms. The molecule has 0 spiro atoms. The monoisotopic (exact) mass is 535 g/mol. The molecule has 1 aromatic carbocycles. The fourth-order valence-electron chi connectivity index (χ4n) is 5.42. The van der Waals surface area contributed by atoms with Crippen molar-refractivity contribution in [1.29, 1.82) is 5.26 Å². The summed E-state index contributed by atoms with van der Waals surface area (Å²) in [4.78, 5) is 34.4. The maximum atomic E-state index is 13.5. The number of benzene rings is 1. The molecule has 3 heterocycles. The van der Waals surface area contributed by atoms with Crippen LogP contribution in [0.5, 0.6) is 0 Å². The minimum absolute atomic E-state index is 0.00260. The van der Waals surface area contributed by atoms with Gasteiger partial charge in [-0.25, -0.2) is 4.98 Å². The molecule has 0 radical (unpaired) electrons. The number of amides is 2. The van der Waals surface area contributed by atoms with E-state index in [-0.39, 0.29) is 23.8 Å². The molecule has 1 atom stereocenters. The highest BCUT2D eigenvalue weighted by atomic mass is 16.2. The van der Waals surface area contributed by atoms with Gasteiger partial charge in [0, 0.05) is 35.9 Å². The third kappa shape index (κ3) is 5.40. The molecule has 0 saturated heterocycles. The van der Waals surface area contributed by atoms with E-state index < -0.39 is 0 Å². The Morgan fingerprint density at radius 2 is 1.98 bits per heavy atom. The van der Waals surface area contributed by atoms with E-state index in [1.807, 2.05) is 65.0 Å². The molecular formula is C31H33N7O2. The lowest BCUT2D eigenvalue weighted by Gasteiger charge is -2.36. The van der Waals surface area contributed by atoms with Crippen molar-refractivity contribution in [2.75, 3.05) is 26.0 Å². The number of fused-ring (bicyclic) bond motifs is 1. The van der Waals surface area contributed by atoms with E-state index in [1.54, 1.807) is 18.3 Å². The largest absolute Gasteiger partial charge is 0.328 e. The second-order valence-electron chi connectivity index (χ2n) is 11.3. The summed E-state index contributed by atoms with van der Waals surface area (Å²) in [5.74, 6) is 1.05. The molecule has 2 saturated carbocycles. The van der Waals surface area contributed by atoms with Crippen molar-refractivity contribution in [2.45, 2.75) is 44.8 Å². The first kappa shape index (κ1) is 26.0. The van der Waals surface area contributed by atoms with E-state index >= 15 is 0 Å². The van der Waals surface area contributed by atoms with Crippen molar-refractivity contribution in [1.82, 2.24) is 24.6 Å². The van der Waals surface area contributed by atoms with Crippen molar-refractivity contribution in [3.05, 3.63) is 66.0 Å². The number of nitriles is 1. The molecule has 6 rings (SSSR count). The summed E-state index contributed by atoms with van der Waals surface area (Å²) in [7, 11) is 3.96. The van der Waals surface area contributed by atoms with Crippen molar-refractivity contribution in [3.63, 3.8) is 0 Å². The van der Waals surface area contributed by atoms with E-state index in [4.69, 9.17) is 5.10 Å². The van der Waals surface area contributed by atoms with Crippen molar-refractivity contribution in [3.8, 4) is 28.5 Å². The molecular weight excluding hydrogens is 502 g/mol. The SMILES string of the molecule is CN(C)C/C=C/C(=O)N1Cc2c(-c3ccnc(NC(=O)C4CC4)c3)c(-c3cccc(C#N)c3)nn2C[C@@H]1C1CC1. The highest BCUT2D eigenvalue weighted by Gasteiger charge is 2.41. The Bertz CT molecular complexity index is 1520. The molecule has 40 heavy (non-hydrogen) atoms. The summed E-state index contributed by atoms with van der Waals surface area (Å²) in [6.45, 7) is 1.75. The highest BCUT2D eigenvalue weighted by molar-refractivity contribution is 5.94. The Labute approximate surface area is 234 Å². The van der Waals surface area contributed by atoms with Gasteiger partial charge in [0.1, 0.15) is 11.5 Å². The standard InChI is InChI=1S/C31H33N7O2/c1-36(2)14-4-7-28(39)37-18-26-29(23-12-13-33-27(16-23)34-31(40)22-10-11-22)30(24-6-3-5-20(15-24)17-32)35-38(26)19-25(37)21-8-9-21/h3-7,12-13,15-16,21-22,25H,8-11,14,18-19H2,1-2H3,(H,33,34,40)/b7-4+/t25-/m1/s1. The molecule has 2 aromatic heterocycles. The molecule has 204 valence electrons. The average molecular weight is 536 g/mol. The highest BCUT2D eigenvalue weighted by Crippen LogP contribution is 2.43. The third-order valence-electron chi connectivity index (χ3n) is 7.83. The van der Waals surface area contributed by atoms with Gasteiger partial charge in [0.2, 0.25) is 11.8 Å². The number of hydrogen-bond donors (Lipinski definition) is 1. The molecule has 0 bridgehead atoms. The van der Waals surface area contributed by atoms with Crippen molar-refractivity contribution < 1.29 is 9.59 Å². The van der Waals surface area contributed by atoms with Crippen LogP contribution < -0.4 is 5.32 Å². The normalized spacial score (nSPS) is 18.6.